The van der Waals surface area contributed by atoms with Crippen molar-refractivity contribution in [1.82, 2.24) is 20.5 Å². The van der Waals surface area contributed by atoms with Crippen molar-refractivity contribution in [3.63, 3.8) is 0 Å². The Kier molecular flexibility index (Phi) is 10.7. The van der Waals surface area contributed by atoms with E-state index in [0.717, 1.165) is 18.4 Å². The molecule has 0 bridgehead atoms. The number of pyridine rings is 1. The van der Waals surface area contributed by atoms with Gasteiger partial charge in [-0.2, -0.15) is 0 Å². The number of halogens is 2. The summed E-state index contributed by atoms with van der Waals surface area (Å²) in [6, 6.07) is 13.1. The van der Waals surface area contributed by atoms with E-state index in [-0.39, 0.29) is 36.6 Å². The second-order valence-corrected chi connectivity index (χ2v) is 6.85. The quantitative estimate of drug-likeness (QED) is 0.726. The first-order valence-electron chi connectivity index (χ1n) is 9.38. The Labute approximate surface area is 184 Å². The van der Waals surface area contributed by atoms with Crippen LogP contribution < -0.4 is 10.6 Å². The third-order valence-corrected chi connectivity index (χ3v) is 5.02. The fourth-order valence-electron chi connectivity index (χ4n) is 3.40. The van der Waals surface area contributed by atoms with Gasteiger partial charge in [-0.1, -0.05) is 30.3 Å². The van der Waals surface area contributed by atoms with Gasteiger partial charge in [0.05, 0.1) is 5.56 Å². The molecule has 1 unspecified atom stereocenters. The van der Waals surface area contributed by atoms with Gasteiger partial charge >= 0.3 is 0 Å². The Morgan fingerprint density at radius 1 is 1.10 bits per heavy atom. The molecule has 0 aliphatic carbocycles. The van der Waals surface area contributed by atoms with Crippen LogP contribution >= 0.6 is 24.8 Å². The lowest BCUT2D eigenvalue weighted by Gasteiger charge is -2.34. The molecule has 1 aliphatic rings. The zero-order chi connectivity index (χ0) is 19.1. The number of carbonyl (C=O) groups excluding carboxylic acids is 2. The first-order valence-corrected chi connectivity index (χ1v) is 9.38. The van der Waals surface area contributed by atoms with E-state index in [0.29, 0.717) is 31.1 Å². The van der Waals surface area contributed by atoms with Crippen molar-refractivity contribution in [1.29, 1.82) is 0 Å². The van der Waals surface area contributed by atoms with Crippen LogP contribution in [0.2, 0.25) is 0 Å². The lowest BCUT2D eigenvalue weighted by atomic mass is 10.0. The Hall–Kier alpha value is -2.15. The van der Waals surface area contributed by atoms with E-state index >= 15 is 0 Å². The summed E-state index contributed by atoms with van der Waals surface area (Å²) in [6.45, 7) is 1.41. The van der Waals surface area contributed by atoms with Gasteiger partial charge in [0, 0.05) is 37.9 Å². The molecule has 158 valence electrons. The maximum Gasteiger partial charge on any atom is 0.253 e. The van der Waals surface area contributed by atoms with Gasteiger partial charge in [-0.05, 0) is 37.6 Å². The zero-order valence-corrected chi connectivity index (χ0v) is 18.0. The molecule has 29 heavy (non-hydrogen) atoms. The smallest absolute Gasteiger partial charge is 0.253 e. The lowest BCUT2D eigenvalue weighted by molar-refractivity contribution is -0.134. The minimum atomic E-state index is -0.591. The highest BCUT2D eigenvalue weighted by Gasteiger charge is 2.29. The standard InChI is InChI=1S/C21H26N4O2.2ClH/c1-22-18-9-12-25(13-10-18)21(27)19(14-16-6-3-2-4-7-16)24-20(26)17-8-5-11-23-15-17;;/h2-8,11,15,18-19,22H,9-10,12-14H2,1H3,(H,24,26);2*1H. The molecule has 1 atom stereocenters. The van der Waals surface area contributed by atoms with Crippen molar-refractivity contribution in [3.05, 3.63) is 66.0 Å². The van der Waals surface area contributed by atoms with Crippen molar-refractivity contribution in [2.24, 2.45) is 0 Å². The summed E-state index contributed by atoms with van der Waals surface area (Å²) in [5, 5.41) is 6.19. The summed E-state index contributed by atoms with van der Waals surface area (Å²) in [7, 11) is 1.95. The molecule has 1 aromatic heterocycles. The van der Waals surface area contributed by atoms with Crippen molar-refractivity contribution in [2.75, 3.05) is 20.1 Å². The van der Waals surface area contributed by atoms with E-state index in [4.69, 9.17) is 0 Å². The fourth-order valence-corrected chi connectivity index (χ4v) is 3.40. The van der Waals surface area contributed by atoms with Crippen molar-refractivity contribution < 1.29 is 9.59 Å². The van der Waals surface area contributed by atoms with Gasteiger partial charge in [0.1, 0.15) is 6.04 Å². The molecule has 2 amide bonds. The number of hydrogen-bond donors (Lipinski definition) is 2. The van der Waals surface area contributed by atoms with Crippen molar-refractivity contribution in [2.45, 2.75) is 31.3 Å². The highest BCUT2D eigenvalue weighted by Crippen LogP contribution is 2.14. The molecule has 3 rings (SSSR count). The molecular formula is C21H28Cl2N4O2. The molecule has 0 spiro atoms. The van der Waals surface area contributed by atoms with Crippen LogP contribution in [0.1, 0.15) is 28.8 Å². The number of piperidine rings is 1. The molecule has 2 heterocycles. The third kappa shape index (κ3) is 6.99. The average molecular weight is 439 g/mol. The van der Waals surface area contributed by atoms with E-state index in [1.54, 1.807) is 18.3 Å². The van der Waals surface area contributed by atoms with Crippen LogP contribution in [0.5, 0.6) is 0 Å². The van der Waals surface area contributed by atoms with Gasteiger partial charge in [-0.3, -0.25) is 14.6 Å². The molecule has 8 heteroatoms. The maximum atomic E-state index is 13.1. The fraction of sp³-hybridized carbons (Fsp3) is 0.381. The number of hydrogen-bond acceptors (Lipinski definition) is 4. The molecule has 0 saturated carbocycles. The summed E-state index contributed by atoms with van der Waals surface area (Å²) in [5.74, 6) is -0.298. The van der Waals surface area contributed by atoms with Gasteiger partial charge in [0.15, 0.2) is 0 Å². The van der Waals surface area contributed by atoms with E-state index in [1.165, 1.54) is 6.20 Å². The molecule has 1 aromatic carbocycles. The van der Waals surface area contributed by atoms with Crippen LogP contribution in [-0.2, 0) is 11.2 Å². The summed E-state index contributed by atoms with van der Waals surface area (Å²) in [4.78, 5) is 31.6. The average Bonchev–Trinajstić information content (AvgIpc) is 2.74. The van der Waals surface area contributed by atoms with E-state index in [1.807, 2.05) is 42.3 Å². The summed E-state index contributed by atoms with van der Waals surface area (Å²) >= 11 is 0. The lowest BCUT2D eigenvalue weighted by Crippen LogP contribution is -2.53. The van der Waals surface area contributed by atoms with Gasteiger partial charge < -0.3 is 15.5 Å². The Bertz CT molecular complexity index is 754. The Balaban J connectivity index is 0.00000210. The van der Waals surface area contributed by atoms with E-state index in [2.05, 4.69) is 15.6 Å². The highest BCUT2D eigenvalue weighted by molar-refractivity contribution is 5.97. The highest BCUT2D eigenvalue weighted by atomic mass is 35.5. The third-order valence-electron chi connectivity index (χ3n) is 5.02. The van der Waals surface area contributed by atoms with Crippen molar-refractivity contribution in [3.8, 4) is 0 Å². The molecule has 6 nitrogen and oxygen atoms in total. The topological polar surface area (TPSA) is 74.3 Å². The number of nitrogens with zero attached hydrogens (tertiary/aromatic N) is 2. The van der Waals surface area contributed by atoms with Crippen LogP contribution in [0.25, 0.3) is 0 Å². The van der Waals surface area contributed by atoms with Crippen molar-refractivity contribution >= 4 is 36.6 Å². The van der Waals surface area contributed by atoms with Gasteiger partial charge in [0.25, 0.3) is 5.91 Å². The van der Waals surface area contributed by atoms with Crippen LogP contribution in [-0.4, -0.2) is 53.9 Å². The Morgan fingerprint density at radius 3 is 2.38 bits per heavy atom. The van der Waals surface area contributed by atoms with Gasteiger partial charge in [-0.25, -0.2) is 0 Å². The van der Waals surface area contributed by atoms with Gasteiger partial charge in [-0.15, -0.1) is 24.8 Å². The summed E-state index contributed by atoms with van der Waals surface area (Å²) < 4.78 is 0. The van der Waals surface area contributed by atoms with E-state index < -0.39 is 6.04 Å². The normalized spacial score (nSPS) is 14.9. The number of likely N-dealkylation sites (tertiary alicyclic amines) is 1. The molecular weight excluding hydrogens is 411 g/mol. The van der Waals surface area contributed by atoms with Gasteiger partial charge in [0.2, 0.25) is 5.91 Å². The van der Waals surface area contributed by atoms with E-state index in [9.17, 15) is 9.59 Å². The molecule has 1 fully saturated rings. The molecule has 0 radical (unpaired) electrons. The zero-order valence-electron chi connectivity index (χ0n) is 16.4. The molecule has 2 N–H and O–H groups in total. The number of carbonyl (C=O) groups is 2. The number of rotatable bonds is 6. The minimum absolute atomic E-state index is 0. The minimum Gasteiger partial charge on any atom is -0.341 e. The predicted molar refractivity (Wildman–Crippen MR) is 119 cm³/mol. The second-order valence-electron chi connectivity index (χ2n) is 6.85. The SMILES string of the molecule is CNC1CCN(C(=O)C(Cc2ccccc2)NC(=O)c2cccnc2)CC1.Cl.Cl. The summed E-state index contributed by atoms with van der Waals surface area (Å²) in [6.07, 6.45) is 5.46. The molecule has 2 aromatic rings. The van der Waals surface area contributed by atoms with Crippen LogP contribution in [0.4, 0.5) is 0 Å². The number of nitrogens with one attached hydrogen (secondary N) is 2. The largest absolute Gasteiger partial charge is 0.341 e. The Morgan fingerprint density at radius 2 is 1.79 bits per heavy atom. The first-order chi connectivity index (χ1) is 13.2. The second kappa shape index (κ2) is 12.4. The maximum absolute atomic E-state index is 13.1. The van der Waals surface area contributed by atoms with Crippen LogP contribution in [0.15, 0.2) is 54.9 Å². The summed E-state index contributed by atoms with van der Waals surface area (Å²) in [5.41, 5.74) is 1.48. The monoisotopic (exact) mass is 438 g/mol. The first kappa shape index (κ1) is 24.9. The number of aromatic nitrogens is 1. The van der Waals surface area contributed by atoms with Crippen LogP contribution in [0.3, 0.4) is 0 Å². The molecule has 1 aliphatic heterocycles. The number of amides is 2. The predicted octanol–water partition coefficient (Wildman–Crippen LogP) is 2.48. The number of benzene rings is 1. The van der Waals surface area contributed by atoms with Crippen LogP contribution in [0, 0.1) is 0 Å². The molecule has 1 saturated heterocycles.